The topological polar surface area (TPSA) is 98.7 Å². The predicted molar refractivity (Wildman–Crippen MR) is 83.3 cm³/mol. The second-order valence-electron chi connectivity index (χ2n) is 4.64. The lowest BCUT2D eigenvalue weighted by Gasteiger charge is -2.08. The highest BCUT2D eigenvalue weighted by atomic mass is 79.9. The number of nitrogens with one attached hydrogen (secondary N) is 1. The van der Waals surface area contributed by atoms with E-state index in [9.17, 15) is 9.59 Å². The Hall–Kier alpha value is -2.35. The number of benzene rings is 1. The first-order chi connectivity index (χ1) is 9.99. The molecule has 0 amide bonds. The molecule has 0 aliphatic rings. The molecule has 3 aromatic rings. The second kappa shape index (κ2) is 4.88. The molecule has 3 N–H and O–H groups in total. The van der Waals surface area contributed by atoms with Crippen LogP contribution in [0.15, 0.2) is 38.3 Å². The number of nitrogens with two attached hydrogens (primary N) is 1. The summed E-state index contributed by atoms with van der Waals surface area (Å²) in [7, 11) is 1.54. The van der Waals surface area contributed by atoms with E-state index in [-0.39, 0.29) is 17.1 Å². The van der Waals surface area contributed by atoms with Gasteiger partial charge in [0.05, 0.1) is 6.54 Å². The van der Waals surface area contributed by atoms with E-state index in [1.54, 1.807) is 4.57 Å². The van der Waals surface area contributed by atoms with Crippen LogP contribution in [0.4, 0.5) is 5.95 Å². The summed E-state index contributed by atoms with van der Waals surface area (Å²) >= 11 is 3.46. The maximum absolute atomic E-state index is 12.1. The third kappa shape index (κ3) is 2.17. The summed E-state index contributed by atoms with van der Waals surface area (Å²) in [4.78, 5) is 30.0. The van der Waals surface area contributed by atoms with E-state index in [1.807, 2.05) is 24.3 Å². The number of rotatable bonds is 2. The van der Waals surface area contributed by atoms with Crippen LogP contribution in [0.1, 0.15) is 5.56 Å². The lowest BCUT2D eigenvalue weighted by molar-refractivity contribution is 0.810. The number of aromatic amines is 1. The summed E-state index contributed by atoms with van der Waals surface area (Å²) in [5.74, 6) is 0.187. The van der Waals surface area contributed by atoms with Crippen molar-refractivity contribution in [1.82, 2.24) is 19.1 Å². The van der Waals surface area contributed by atoms with Crippen LogP contribution in [0.5, 0.6) is 0 Å². The van der Waals surface area contributed by atoms with Crippen LogP contribution in [0.3, 0.4) is 0 Å². The Labute approximate surface area is 127 Å². The Morgan fingerprint density at radius 3 is 2.76 bits per heavy atom. The van der Waals surface area contributed by atoms with Crippen LogP contribution in [0.2, 0.25) is 0 Å². The molecule has 0 fully saturated rings. The number of anilines is 1. The van der Waals surface area contributed by atoms with Gasteiger partial charge in [-0.2, -0.15) is 4.98 Å². The molecule has 0 atom stereocenters. The maximum atomic E-state index is 12.1. The largest absolute Gasteiger partial charge is 0.369 e. The van der Waals surface area contributed by atoms with Crippen molar-refractivity contribution in [3.63, 3.8) is 0 Å². The van der Waals surface area contributed by atoms with E-state index in [0.29, 0.717) is 6.54 Å². The quantitative estimate of drug-likeness (QED) is 0.715. The molecule has 108 valence electrons. The van der Waals surface area contributed by atoms with Gasteiger partial charge in [-0.25, -0.2) is 4.79 Å². The van der Waals surface area contributed by atoms with Gasteiger partial charge in [-0.1, -0.05) is 34.1 Å². The number of H-pyrrole nitrogens is 1. The predicted octanol–water partition coefficient (Wildman–Crippen LogP) is 0.816. The van der Waals surface area contributed by atoms with Gasteiger partial charge >= 0.3 is 5.69 Å². The second-order valence-corrected chi connectivity index (χ2v) is 5.49. The lowest BCUT2D eigenvalue weighted by atomic mass is 10.2. The molecular formula is C13H12BrN5O2. The highest BCUT2D eigenvalue weighted by Crippen LogP contribution is 2.20. The zero-order valence-corrected chi connectivity index (χ0v) is 12.7. The van der Waals surface area contributed by atoms with Crippen molar-refractivity contribution in [1.29, 1.82) is 0 Å². The Morgan fingerprint density at radius 1 is 1.33 bits per heavy atom. The Balaban J connectivity index is 2.27. The Kier molecular flexibility index (Phi) is 3.17. The van der Waals surface area contributed by atoms with E-state index in [1.165, 1.54) is 11.6 Å². The number of nitrogen functional groups attached to an aromatic ring is 1. The molecule has 0 saturated carbocycles. The van der Waals surface area contributed by atoms with Crippen LogP contribution in [0.25, 0.3) is 11.2 Å². The summed E-state index contributed by atoms with van der Waals surface area (Å²) in [5.41, 5.74) is 6.41. The van der Waals surface area contributed by atoms with Crippen molar-refractivity contribution in [3.8, 4) is 0 Å². The minimum absolute atomic E-state index is 0.187. The van der Waals surface area contributed by atoms with Gasteiger partial charge in [0.15, 0.2) is 11.2 Å². The maximum Gasteiger partial charge on any atom is 0.329 e. The van der Waals surface area contributed by atoms with Crippen molar-refractivity contribution < 1.29 is 0 Å². The third-order valence-electron chi connectivity index (χ3n) is 3.32. The fourth-order valence-electron chi connectivity index (χ4n) is 2.21. The van der Waals surface area contributed by atoms with Crippen LogP contribution in [-0.2, 0) is 13.6 Å². The van der Waals surface area contributed by atoms with Gasteiger partial charge in [0.1, 0.15) is 0 Å². The van der Waals surface area contributed by atoms with Crippen LogP contribution < -0.4 is 17.0 Å². The van der Waals surface area contributed by atoms with E-state index in [4.69, 9.17) is 5.73 Å². The van der Waals surface area contributed by atoms with Crippen molar-refractivity contribution in [2.75, 3.05) is 5.73 Å². The molecule has 3 rings (SSSR count). The number of aryl methyl sites for hydroxylation is 1. The fourth-order valence-corrected chi connectivity index (χ4v) is 2.62. The summed E-state index contributed by atoms with van der Waals surface area (Å²) in [5, 5.41) is 0. The van der Waals surface area contributed by atoms with Crippen molar-refractivity contribution in [2.45, 2.75) is 6.54 Å². The Bertz CT molecular complexity index is 953. The summed E-state index contributed by atoms with van der Waals surface area (Å²) in [6.07, 6.45) is 0. The molecule has 0 bridgehead atoms. The number of aromatic nitrogens is 4. The monoisotopic (exact) mass is 349 g/mol. The normalized spacial score (nSPS) is 11.1. The number of hydrogen-bond acceptors (Lipinski definition) is 4. The van der Waals surface area contributed by atoms with Crippen molar-refractivity contribution in [3.05, 3.63) is 55.1 Å². The van der Waals surface area contributed by atoms with Gasteiger partial charge in [0.25, 0.3) is 5.56 Å². The average Bonchev–Trinajstić information content (AvgIpc) is 2.77. The molecule has 7 nitrogen and oxygen atoms in total. The molecule has 0 saturated heterocycles. The zero-order chi connectivity index (χ0) is 15.1. The molecule has 2 heterocycles. The first-order valence-electron chi connectivity index (χ1n) is 6.17. The van der Waals surface area contributed by atoms with Gasteiger partial charge < -0.3 is 10.3 Å². The molecule has 2 aromatic heterocycles. The molecule has 1 aromatic carbocycles. The van der Waals surface area contributed by atoms with Gasteiger partial charge in [-0.15, -0.1) is 0 Å². The number of fused-ring (bicyclic) bond motifs is 1. The van der Waals surface area contributed by atoms with E-state index in [2.05, 4.69) is 25.9 Å². The first-order valence-corrected chi connectivity index (χ1v) is 6.96. The fraction of sp³-hybridized carbons (Fsp3) is 0.154. The minimum atomic E-state index is -0.516. The molecule has 0 aliphatic carbocycles. The standard InChI is InChI=1S/C13H12BrN5O2/c1-18-10-9(11(20)17-13(18)21)19(12(15)16-10)6-7-4-2-3-5-8(7)14/h2-5H,6H2,1H3,(H2,15,16)(H,17,20,21). The van der Waals surface area contributed by atoms with Crippen LogP contribution >= 0.6 is 15.9 Å². The van der Waals surface area contributed by atoms with Crippen molar-refractivity contribution >= 4 is 33.0 Å². The molecule has 8 heteroatoms. The lowest BCUT2D eigenvalue weighted by Crippen LogP contribution is -2.29. The molecule has 0 radical (unpaired) electrons. The van der Waals surface area contributed by atoms with E-state index < -0.39 is 11.2 Å². The average molecular weight is 350 g/mol. The first kappa shape index (κ1) is 13.6. The highest BCUT2D eigenvalue weighted by Gasteiger charge is 2.16. The number of imidazole rings is 1. The highest BCUT2D eigenvalue weighted by molar-refractivity contribution is 9.10. The van der Waals surface area contributed by atoms with Gasteiger partial charge in [0.2, 0.25) is 5.95 Å². The molecular weight excluding hydrogens is 338 g/mol. The summed E-state index contributed by atoms with van der Waals surface area (Å²) in [6, 6.07) is 7.63. The summed E-state index contributed by atoms with van der Waals surface area (Å²) < 4.78 is 3.77. The van der Waals surface area contributed by atoms with E-state index in [0.717, 1.165) is 10.0 Å². The van der Waals surface area contributed by atoms with Crippen molar-refractivity contribution in [2.24, 2.45) is 7.05 Å². The minimum Gasteiger partial charge on any atom is -0.369 e. The number of hydrogen-bond donors (Lipinski definition) is 2. The molecule has 0 unspecified atom stereocenters. The Morgan fingerprint density at radius 2 is 2.05 bits per heavy atom. The van der Waals surface area contributed by atoms with Gasteiger partial charge in [-0.05, 0) is 11.6 Å². The molecule has 21 heavy (non-hydrogen) atoms. The molecule has 0 spiro atoms. The van der Waals surface area contributed by atoms with Crippen LogP contribution in [-0.4, -0.2) is 19.1 Å². The number of halogens is 1. The van der Waals surface area contributed by atoms with Crippen LogP contribution in [0, 0.1) is 0 Å². The van der Waals surface area contributed by atoms with E-state index >= 15 is 0 Å². The molecule has 0 aliphatic heterocycles. The third-order valence-corrected chi connectivity index (χ3v) is 4.10. The SMILES string of the molecule is Cn1c(=O)[nH]c(=O)c2c1nc(N)n2Cc1ccccc1Br. The smallest absolute Gasteiger partial charge is 0.329 e. The number of nitrogens with zero attached hydrogens (tertiary/aromatic N) is 3. The zero-order valence-electron chi connectivity index (χ0n) is 11.1. The van der Waals surface area contributed by atoms with Gasteiger partial charge in [-0.3, -0.25) is 14.3 Å². The van der Waals surface area contributed by atoms with Gasteiger partial charge in [0, 0.05) is 11.5 Å². The summed E-state index contributed by atoms with van der Waals surface area (Å²) in [6.45, 7) is 0.380.